The van der Waals surface area contributed by atoms with Crippen LogP contribution in [0.3, 0.4) is 0 Å². The fourth-order valence-corrected chi connectivity index (χ4v) is 2.88. The Kier molecular flexibility index (Phi) is 5.24. The molecule has 1 aromatic carbocycles. The van der Waals surface area contributed by atoms with Crippen molar-refractivity contribution >= 4 is 28.3 Å². The molecule has 0 spiro atoms. The highest BCUT2D eigenvalue weighted by molar-refractivity contribution is 7.86. The van der Waals surface area contributed by atoms with E-state index in [-0.39, 0.29) is 6.42 Å². The molecule has 0 saturated carbocycles. The Hall–Kier alpha value is -0.780. The largest absolute Gasteiger partial charge is 0.285 e. The molecule has 0 fully saturated rings. The molecule has 94 valence electrons. The van der Waals surface area contributed by atoms with E-state index in [9.17, 15) is 8.42 Å². The maximum atomic E-state index is 11.2. The molecule has 0 aromatic heterocycles. The fourth-order valence-electron chi connectivity index (χ4n) is 1.57. The third kappa shape index (κ3) is 4.53. The van der Waals surface area contributed by atoms with Crippen molar-refractivity contribution in [2.75, 3.05) is 5.75 Å². The molecule has 1 aromatic rings. The highest BCUT2D eigenvalue weighted by Gasteiger charge is 2.23. The molecule has 0 amide bonds. The van der Waals surface area contributed by atoms with Gasteiger partial charge in [-0.1, -0.05) is 36.9 Å². The molecule has 0 aliphatic heterocycles. The molecule has 0 saturated heterocycles. The van der Waals surface area contributed by atoms with E-state index in [1.54, 1.807) is 0 Å². The molecule has 5 heteroatoms. The summed E-state index contributed by atoms with van der Waals surface area (Å²) in [5, 5.41) is -0.826. The summed E-state index contributed by atoms with van der Waals surface area (Å²) in [4.78, 5) is 0. The van der Waals surface area contributed by atoms with Crippen molar-refractivity contribution in [3.05, 3.63) is 42.5 Å². The molecule has 0 aliphatic carbocycles. The van der Waals surface area contributed by atoms with Gasteiger partial charge in [0, 0.05) is 0 Å². The Balaban J connectivity index is 2.79. The van der Waals surface area contributed by atoms with Gasteiger partial charge in [-0.3, -0.25) is 4.55 Å². The number of benzene rings is 1. The molecule has 1 unspecified atom stereocenters. The van der Waals surface area contributed by atoms with E-state index >= 15 is 0 Å². The minimum atomic E-state index is -4.04. The van der Waals surface area contributed by atoms with Gasteiger partial charge in [-0.25, -0.2) is 0 Å². The first kappa shape index (κ1) is 14.3. The van der Waals surface area contributed by atoms with E-state index in [2.05, 4.69) is 19.2 Å². The maximum absolute atomic E-state index is 11.2. The van der Waals surface area contributed by atoms with Gasteiger partial charge in [-0.05, 0) is 29.7 Å². The van der Waals surface area contributed by atoms with E-state index in [1.807, 2.05) is 30.3 Å². The summed E-state index contributed by atoms with van der Waals surface area (Å²) in [7, 11) is -4.04. The van der Waals surface area contributed by atoms with Gasteiger partial charge in [0.05, 0.1) is 5.25 Å². The van der Waals surface area contributed by atoms with E-state index < -0.39 is 15.4 Å². The van der Waals surface area contributed by atoms with Crippen LogP contribution >= 0.6 is 12.6 Å². The van der Waals surface area contributed by atoms with Gasteiger partial charge in [0.15, 0.2) is 0 Å². The van der Waals surface area contributed by atoms with Crippen molar-refractivity contribution in [3.63, 3.8) is 0 Å². The van der Waals surface area contributed by atoms with Crippen molar-refractivity contribution in [1.29, 1.82) is 0 Å². The zero-order chi connectivity index (χ0) is 12.9. The molecule has 3 nitrogen and oxygen atoms in total. The van der Waals surface area contributed by atoms with Crippen LogP contribution in [0.4, 0.5) is 0 Å². The molecule has 0 bridgehead atoms. The summed E-state index contributed by atoms with van der Waals surface area (Å²) in [6, 6.07) is 9.34. The van der Waals surface area contributed by atoms with Gasteiger partial charge in [0.1, 0.15) is 0 Å². The van der Waals surface area contributed by atoms with Gasteiger partial charge in [0.2, 0.25) is 0 Å². The van der Waals surface area contributed by atoms with Gasteiger partial charge in [-0.2, -0.15) is 21.0 Å². The Labute approximate surface area is 108 Å². The van der Waals surface area contributed by atoms with E-state index in [0.29, 0.717) is 17.7 Å². The minimum absolute atomic E-state index is 0.226. The average Bonchev–Trinajstić information content (AvgIpc) is 2.28. The highest BCUT2D eigenvalue weighted by Crippen LogP contribution is 2.22. The van der Waals surface area contributed by atoms with Gasteiger partial charge < -0.3 is 0 Å². The molecule has 0 heterocycles. The van der Waals surface area contributed by atoms with Crippen LogP contribution in [0.25, 0.3) is 5.57 Å². The summed E-state index contributed by atoms with van der Waals surface area (Å²) in [6.07, 6.45) is 0.539. The van der Waals surface area contributed by atoms with Crippen LogP contribution in [0.5, 0.6) is 0 Å². The molecular weight excluding hydrogens is 256 g/mol. The average molecular weight is 272 g/mol. The van der Waals surface area contributed by atoms with Crippen LogP contribution in [0, 0.1) is 0 Å². The third-order valence-electron chi connectivity index (χ3n) is 2.53. The number of hydrogen-bond donors (Lipinski definition) is 2. The SMILES string of the molecule is C=C(CC(CCS)S(=O)(=O)O)c1ccccc1. The van der Waals surface area contributed by atoms with E-state index in [0.717, 1.165) is 5.56 Å². The van der Waals surface area contributed by atoms with Crippen molar-refractivity contribution in [3.8, 4) is 0 Å². The Morgan fingerprint density at radius 1 is 1.35 bits per heavy atom. The van der Waals surface area contributed by atoms with Crippen LogP contribution in [0.1, 0.15) is 18.4 Å². The number of rotatable bonds is 6. The van der Waals surface area contributed by atoms with Crippen molar-refractivity contribution in [2.45, 2.75) is 18.1 Å². The summed E-state index contributed by atoms with van der Waals surface area (Å²) in [5.41, 5.74) is 1.59. The number of hydrogen-bond acceptors (Lipinski definition) is 3. The zero-order valence-electron chi connectivity index (χ0n) is 9.41. The normalized spacial score (nSPS) is 13.3. The fraction of sp³-hybridized carbons (Fsp3) is 0.333. The topological polar surface area (TPSA) is 54.4 Å². The second-order valence-corrected chi connectivity index (χ2v) is 5.97. The highest BCUT2D eigenvalue weighted by atomic mass is 32.2. The molecule has 17 heavy (non-hydrogen) atoms. The second-order valence-electron chi connectivity index (χ2n) is 3.82. The molecular formula is C12H16O3S2. The summed E-state index contributed by atoms with van der Waals surface area (Å²) >= 11 is 4.00. The monoisotopic (exact) mass is 272 g/mol. The summed E-state index contributed by atoms with van der Waals surface area (Å²) < 4.78 is 31.4. The summed E-state index contributed by atoms with van der Waals surface area (Å²) in [5.74, 6) is 0.409. The molecule has 1 rings (SSSR count). The molecule has 1 atom stereocenters. The third-order valence-corrected chi connectivity index (χ3v) is 4.03. The lowest BCUT2D eigenvalue weighted by Crippen LogP contribution is -2.21. The molecule has 0 aliphatic rings. The van der Waals surface area contributed by atoms with Crippen molar-refractivity contribution in [2.24, 2.45) is 0 Å². The standard InChI is InChI=1S/C12H16O3S2/c1-10(11-5-3-2-4-6-11)9-12(7-8-16)17(13,14)15/h2-6,12,16H,1,7-9H2,(H,13,14,15). The molecule has 0 radical (unpaired) electrons. The molecule has 1 N–H and O–H groups in total. The lowest BCUT2D eigenvalue weighted by Gasteiger charge is -2.14. The van der Waals surface area contributed by atoms with Crippen molar-refractivity contribution < 1.29 is 13.0 Å². The quantitative estimate of drug-likeness (QED) is 0.618. The lowest BCUT2D eigenvalue weighted by atomic mass is 10.0. The van der Waals surface area contributed by atoms with Gasteiger partial charge in [-0.15, -0.1) is 0 Å². The number of thiol groups is 1. The first-order chi connectivity index (χ1) is 7.95. The number of allylic oxidation sites excluding steroid dienone is 1. The van der Waals surface area contributed by atoms with Gasteiger partial charge in [0.25, 0.3) is 10.1 Å². The van der Waals surface area contributed by atoms with Crippen LogP contribution in [0.2, 0.25) is 0 Å². The van der Waals surface area contributed by atoms with E-state index in [4.69, 9.17) is 4.55 Å². The first-order valence-electron chi connectivity index (χ1n) is 5.25. The Morgan fingerprint density at radius 3 is 2.41 bits per heavy atom. The summed E-state index contributed by atoms with van der Waals surface area (Å²) in [6.45, 7) is 3.86. The van der Waals surface area contributed by atoms with Crippen molar-refractivity contribution in [1.82, 2.24) is 0 Å². The van der Waals surface area contributed by atoms with Gasteiger partial charge >= 0.3 is 0 Å². The van der Waals surface area contributed by atoms with Crippen LogP contribution in [-0.4, -0.2) is 24.0 Å². The smallest absolute Gasteiger partial charge is 0.268 e. The second kappa shape index (κ2) is 6.23. The zero-order valence-corrected chi connectivity index (χ0v) is 11.1. The van der Waals surface area contributed by atoms with Crippen LogP contribution < -0.4 is 0 Å². The lowest BCUT2D eigenvalue weighted by molar-refractivity contribution is 0.465. The maximum Gasteiger partial charge on any atom is 0.268 e. The first-order valence-corrected chi connectivity index (χ1v) is 7.39. The van der Waals surface area contributed by atoms with Crippen LogP contribution in [0.15, 0.2) is 36.9 Å². The van der Waals surface area contributed by atoms with E-state index in [1.165, 1.54) is 0 Å². The predicted molar refractivity (Wildman–Crippen MR) is 73.9 cm³/mol. The predicted octanol–water partition coefficient (Wildman–Crippen LogP) is 2.67. The Morgan fingerprint density at radius 2 is 1.94 bits per heavy atom. The van der Waals surface area contributed by atoms with Crippen LogP contribution in [-0.2, 0) is 10.1 Å². The Bertz CT molecular complexity index is 466. The minimum Gasteiger partial charge on any atom is -0.285 e.